The molecule has 0 amide bonds. The van der Waals surface area contributed by atoms with E-state index in [0.29, 0.717) is 11.6 Å². The fraction of sp³-hybridized carbons (Fsp3) is 0.615. The zero-order valence-electron chi connectivity index (χ0n) is 10.8. The molecule has 2 rings (SSSR count). The summed E-state index contributed by atoms with van der Waals surface area (Å²) in [6.45, 7) is 4.86. The molecule has 5 heteroatoms. The molecular formula is C13H19N3O2. The van der Waals surface area contributed by atoms with E-state index < -0.39 is 4.92 Å². The lowest BCUT2D eigenvalue weighted by Gasteiger charge is -2.11. The van der Waals surface area contributed by atoms with Crippen molar-refractivity contribution < 1.29 is 4.92 Å². The first kappa shape index (κ1) is 12.8. The van der Waals surface area contributed by atoms with Crippen molar-refractivity contribution in [2.45, 2.75) is 33.1 Å². The average Bonchev–Trinajstić information content (AvgIpc) is 2.72. The van der Waals surface area contributed by atoms with Crippen LogP contribution in [-0.2, 0) is 0 Å². The lowest BCUT2D eigenvalue weighted by atomic mass is 10.1. The summed E-state index contributed by atoms with van der Waals surface area (Å²) in [5.41, 5.74) is 0.542. The second-order valence-electron chi connectivity index (χ2n) is 5.22. The minimum absolute atomic E-state index is 0.0787. The quantitative estimate of drug-likeness (QED) is 0.657. The van der Waals surface area contributed by atoms with Crippen LogP contribution >= 0.6 is 0 Å². The van der Waals surface area contributed by atoms with Crippen molar-refractivity contribution in [1.82, 2.24) is 4.98 Å². The van der Waals surface area contributed by atoms with E-state index in [4.69, 9.17) is 0 Å². The predicted molar refractivity (Wildman–Crippen MR) is 70.6 cm³/mol. The van der Waals surface area contributed by atoms with E-state index >= 15 is 0 Å². The highest BCUT2D eigenvalue weighted by atomic mass is 16.6. The topological polar surface area (TPSA) is 68.1 Å². The van der Waals surface area contributed by atoms with Gasteiger partial charge in [0.25, 0.3) is 5.69 Å². The largest absolute Gasteiger partial charge is 0.370 e. The van der Waals surface area contributed by atoms with Gasteiger partial charge in [-0.25, -0.2) is 4.98 Å². The van der Waals surface area contributed by atoms with Crippen LogP contribution in [0.2, 0.25) is 0 Å². The monoisotopic (exact) mass is 249 g/mol. The van der Waals surface area contributed by atoms with Gasteiger partial charge in [0, 0.05) is 12.6 Å². The van der Waals surface area contributed by atoms with Gasteiger partial charge in [-0.3, -0.25) is 10.1 Å². The Balaban J connectivity index is 1.94. The third-order valence-electron chi connectivity index (χ3n) is 3.63. The highest BCUT2D eigenvalue weighted by Gasteiger charge is 2.21. The van der Waals surface area contributed by atoms with Gasteiger partial charge in [0.2, 0.25) is 0 Å². The molecule has 1 aliphatic carbocycles. The van der Waals surface area contributed by atoms with Crippen molar-refractivity contribution in [3.05, 3.63) is 27.9 Å². The van der Waals surface area contributed by atoms with Gasteiger partial charge in [-0.05, 0) is 37.7 Å². The smallest absolute Gasteiger partial charge is 0.290 e. The Morgan fingerprint density at radius 3 is 2.83 bits per heavy atom. The first-order valence-corrected chi connectivity index (χ1v) is 6.42. The molecule has 1 fully saturated rings. The van der Waals surface area contributed by atoms with Crippen molar-refractivity contribution in [3.8, 4) is 0 Å². The second-order valence-corrected chi connectivity index (χ2v) is 5.22. The Hall–Kier alpha value is -1.65. The standard InChI is InChI=1S/C13H19N3O2/c1-9-3-4-11(7-9)8-14-13-6-5-12(16(17)18)10(2)15-13/h5-6,9,11H,3-4,7-8H2,1-2H3,(H,14,15). The summed E-state index contributed by atoms with van der Waals surface area (Å²) in [6, 6.07) is 3.20. The number of aryl methyl sites for hydroxylation is 1. The maximum Gasteiger partial charge on any atom is 0.290 e. The van der Waals surface area contributed by atoms with Crippen LogP contribution in [0.3, 0.4) is 0 Å². The first-order valence-electron chi connectivity index (χ1n) is 6.42. The first-order chi connectivity index (χ1) is 8.56. The molecule has 0 bridgehead atoms. The summed E-state index contributed by atoms with van der Waals surface area (Å²) in [5, 5.41) is 14.0. The Kier molecular flexibility index (Phi) is 3.79. The molecule has 2 atom stereocenters. The Labute approximate surface area is 107 Å². The number of pyridine rings is 1. The molecule has 0 radical (unpaired) electrons. The van der Waals surface area contributed by atoms with Crippen molar-refractivity contribution in [2.24, 2.45) is 11.8 Å². The number of rotatable bonds is 4. The van der Waals surface area contributed by atoms with Crippen molar-refractivity contribution in [3.63, 3.8) is 0 Å². The number of aromatic nitrogens is 1. The number of nitrogens with one attached hydrogen (secondary N) is 1. The van der Waals surface area contributed by atoms with Gasteiger partial charge in [0.15, 0.2) is 0 Å². The number of nitro groups is 1. The third-order valence-corrected chi connectivity index (χ3v) is 3.63. The Morgan fingerprint density at radius 2 is 2.28 bits per heavy atom. The zero-order chi connectivity index (χ0) is 13.1. The lowest BCUT2D eigenvalue weighted by molar-refractivity contribution is -0.385. The van der Waals surface area contributed by atoms with Crippen molar-refractivity contribution >= 4 is 11.5 Å². The number of nitrogens with zero attached hydrogens (tertiary/aromatic N) is 2. The van der Waals surface area contributed by atoms with Gasteiger partial charge in [-0.2, -0.15) is 0 Å². The fourth-order valence-corrected chi connectivity index (χ4v) is 2.60. The minimum Gasteiger partial charge on any atom is -0.370 e. The molecule has 1 saturated carbocycles. The molecule has 1 heterocycles. The Morgan fingerprint density at radius 1 is 1.50 bits per heavy atom. The van der Waals surface area contributed by atoms with E-state index in [2.05, 4.69) is 17.2 Å². The van der Waals surface area contributed by atoms with E-state index in [1.54, 1.807) is 13.0 Å². The van der Waals surface area contributed by atoms with Gasteiger partial charge in [-0.15, -0.1) is 0 Å². The van der Waals surface area contributed by atoms with Crippen LogP contribution in [0.5, 0.6) is 0 Å². The van der Waals surface area contributed by atoms with E-state index in [-0.39, 0.29) is 5.69 Å². The maximum atomic E-state index is 10.7. The molecule has 98 valence electrons. The van der Waals surface area contributed by atoms with Crippen LogP contribution < -0.4 is 5.32 Å². The molecule has 0 saturated heterocycles. The molecule has 0 aliphatic heterocycles. The van der Waals surface area contributed by atoms with Crippen molar-refractivity contribution in [1.29, 1.82) is 0 Å². The molecule has 5 nitrogen and oxygen atoms in total. The van der Waals surface area contributed by atoms with Crippen LogP contribution in [0.1, 0.15) is 31.9 Å². The maximum absolute atomic E-state index is 10.7. The summed E-state index contributed by atoms with van der Waals surface area (Å²) >= 11 is 0. The highest BCUT2D eigenvalue weighted by molar-refractivity contribution is 5.44. The minimum atomic E-state index is -0.398. The van der Waals surface area contributed by atoms with Crippen molar-refractivity contribution in [2.75, 3.05) is 11.9 Å². The molecule has 0 spiro atoms. The number of anilines is 1. The van der Waals surface area contributed by atoms with E-state index in [0.717, 1.165) is 18.3 Å². The summed E-state index contributed by atoms with van der Waals surface area (Å²) < 4.78 is 0. The molecule has 1 aliphatic rings. The van der Waals surface area contributed by atoms with Crippen LogP contribution in [0.25, 0.3) is 0 Å². The van der Waals surface area contributed by atoms with Crippen LogP contribution in [0.15, 0.2) is 12.1 Å². The van der Waals surface area contributed by atoms with E-state index in [9.17, 15) is 10.1 Å². The van der Waals surface area contributed by atoms with Crippen LogP contribution in [-0.4, -0.2) is 16.5 Å². The molecule has 1 aromatic heterocycles. The van der Waals surface area contributed by atoms with Gasteiger partial charge in [0.05, 0.1) is 4.92 Å². The highest BCUT2D eigenvalue weighted by Crippen LogP contribution is 2.30. The SMILES string of the molecule is Cc1nc(NCC2CCC(C)C2)ccc1[N+](=O)[O-]. The Bertz CT molecular complexity index is 448. The summed E-state index contributed by atoms with van der Waals surface area (Å²) in [7, 11) is 0. The molecular weight excluding hydrogens is 230 g/mol. The van der Waals surface area contributed by atoms with Crippen LogP contribution in [0, 0.1) is 28.9 Å². The average molecular weight is 249 g/mol. The second kappa shape index (κ2) is 5.33. The molecule has 2 unspecified atom stereocenters. The number of hydrogen-bond donors (Lipinski definition) is 1. The normalized spacial score (nSPS) is 23.0. The number of hydrogen-bond acceptors (Lipinski definition) is 4. The van der Waals surface area contributed by atoms with Crippen LogP contribution in [0.4, 0.5) is 11.5 Å². The van der Waals surface area contributed by atoms with Gasteiger partial charge >= 0.3 is 0 Å². The molecule has 18 heavy (non-hydrogen) atoms. The molecule has 0 aromatic carbocycles. The lowest BCUT2D eigenvalue weighted by Crippen LogP contribution is -2.12. The van der Waals surface area contributed by atoms with Gasteiger partial charge in [0.1, 0.15) is 11.5 Å². The molecule has 1 aromatic rings. The van der Waals surface area contributed by atoms with E-state index in [1.807, 2.05) is 0 Å². The molecule has 1 N–H and O–H groups in total. The zero-order valence-corrected chi connectivity index (χ0v) is 10.8. The third kappa shape index (κ3) is 2.97. The fourth-order valence-electron chi connectivity index (χ4n) is 2.60. The summed E-state index contributed by atoms with van der Waals surface area (Å²) in [4.78, 5) is 14.5. The summed E-state index contributed by atoms with van der Waals surface area (Å²) in [6.07, 6.45) is 3.83. The predicted octanol–water partition coefficient (Wildman–Crippen LogP) is 3.15. The van der Waals surface area contributed by atoms with Gasteiger partial charge < -0.3 is 5.32 Å². The summed E-state index contributed by atoms with van der Waals surface area (Å²) in [5.74, 6) is 2.26. The van der Waals surface area contributed by atoms with E-state index in [1.165, 1.54) is 25.3 Å². The van der Waals surface area contributed by atoms with Gasteiger partial charge in [-0.1, -0.05) is 13.3 Å².